The van der Waals surface area contributed by atoms with Crippen molar-refractivity contribution in [1.29, 1.82) is 0 Å². The number of carboxylic acids is 1. The summed E-state index contributed by atoms with van der Waals surface area (Å²) in [4.78, 5) is 30.3. The molecular weight excluding hydrogens is 437 g/mol. The van der Waals surface area contributed by atoms with Crippen molar-refractivity contribution in [3.05, 3.63) is 93.1 Å². The Kier molecular flexibility index (Phi) is 7.15. The van der Waals surface area contributed by atoms with E-state index in [9.17, 15) is 9.59 Å². The Morgan fingerprint density at radius 3 is 2.45 bits per heavy atom. The van der Waals surface area contributed by atoms with Gasteiger partial charge in [-0.05, 0) is 48.4 Å². The van der Waals surface area contributed by atoms with Gasteiger partial charge in [-0.2, -0.15) is 0 Å². The topological polar surface area (TPSA) is 82.5 Å². The van der Waals surface area contributed by atoms with E-state index in [-0.39, 0.29) is 17.5 Å². The van der Waals surface area contributed by atoms with Crippen molar-refractivity contribution >= 4 is 40.9 Å². The van der Waals surface area contributed by atoms with Crippen molar-refractivity contribution in [2.75, 3.05) is 11.9 Å². The number of rotatable bonds is 7. The van der Waals surface area contributed by atoms with Crippen molar-refractivity contribution < 1.29 is 14.7 Å². The number of amides is 1. The minimum atomic E-state index is -0.999. The summed E-state index contributed by atoms with van der Waals surface area (Å²) in [6.45, 7) is 2.32. The molecule has 1 atom stereocenters. The van der Waals surface area contributed by atoms with Crippen LogP contribution in [0.5, 0.6) is 0 Å². The van der Waals surface area contributed by atoms with Crippen LogP contribution in [-0.4, -0.2) is 29.0 Å². The van der Waals surface area contributed by atoms with Gasteiger partial charge in [-0.1, -0.05) is 47.5 Å². The van der Waals surface area contributed by atoms with Crippen LogP contribution >= 0.6 is 23.2 Å². The number of benzene rings is 2. The van der Waals surface area contributed by atoms with Crippen molar-refractivity contribution in [3.8, 4) is 0 Å². The predicted molar refractivity (Wildman–Crippen MR) is 122 cm³/mol. The van der Waals surface area contributed by atoms with Gasteiger partial charge < -0.3 is 15.3 Å². The fourth-order valence-corrected chi connectivity index (χ4v) is 3.53. The first-order valence-electron chi connectivity index (χ1n) is 9.50. The molecule has 0 aliphatic heterocycles. The van der Waals surface area contributed by atoms with Crippen molar-refractivity contribution in [2.24, 2.45) is 0 Å². The molecule has 0 fully saturated rings. The van der Waals surface area contributed by atoms with Crippen LogP contribution in [0.15, 0.2) is 60.8 Å². The Morgan fingerprint density at radius 1 is 1.10 bits per heavy atom. The summed E-state index contributed by atoms with van der Waals surface area (Å²) in [7, 11) is 1.84. The number of halogens is 2. The molecule has 31 heavy (non-hydrogen) atoms. The number of anilines is 1. The second-order valence-corrected chi connectivity index (χ2v) is 8.01. The zero-order valence-corrected chi connectivity index (χ0v) is 18.5. The number of aromatic carboxylic acids is 1. The number of nitrogens with one attached hydrogen (secondary N) is 1. The fraction of sp³-hybridized carbons (Fsp3) is 0.174. The van der Waals surface area contributed by atoms with Gasteiger partial charge in [0.05, 0.1) is 22.2 Å². The largest absolute Gasteiger partial charge is 0.478 e. The molecule has 1 amide bonds. The number of carbonyl (C=O) groups is 2. The average molecular weight is 458 g/mol. The van der Waals surface area contributed by atoms with Crippen molar-refractivity contribution in [2.45, 2.75) is 19.5 Å². The number of nitrogens with zero attached hydrogens (tertiary/aromatic N) is 2. The highest BCUT2D eigenvalue weighted by molar-refractivity contribution is 6.31. The molecule has 0 radical (unpaired) electrons. The van der Waals surface area contributed by atoms with Crippen LogP contribution in [0.3, 0.4) is 0 Å². The van der Waals surface area contributed by atoms with Gasteiger partial charge >= 0.3 is 5.97 Å². The van der Waals surface area contributed by atoms with Gasteiger partial charge in [-0.3, -0.25) is 4.79 Å². The van der Waals surface area contributed by atoms with E-state index in [0.717, 1.165) is 11.1 Å². The van der Waals surface area contributed by atoms with Crippen LogP contribution in [0, 0.1) is 0 Å². The molecule has 3 rings (SSSR count). The molecule has 0 spiro atoms. The first kappa shape index (κ1) is 22.6. The highest BCUT2D eigenvalue weighted by atomic mass is 35.5. The molecule has 1 aromatic heterocycles. The third-order valence-corrected chi connectivity index (χ3v) is 5.20. The molecule has 2 aromatic carbocycles. The Bertz CT molecular complexity index is 1100. The van der Waals surface area contributed by atoms with Gasteiger partial charge in [-0.15, -0.1) is 0 Å². The second-order valence-electron chi connectivity index (χ2n) is 7.13. The predicted octanol–water partition coefficient (Wildman–Crippen LogP) is 5.21. The first-order valence-corrected chi connectivity index (χ1v) is 10.3. The van der Waals surface area contributed by atoms with E-state index in [4.69, 9.17) is 28.3 Å². The van der Waals surface area contributed by atoms with Crippen LogP contribution in [-0.2, 0) is 6.54 Å². The number of carboxylic acid groups (broad SMARTS) is 1. The third-order valence-electron chi connectivity index (χ3n) is 4.75. The van der Waals surface area contributed by atoms with Crippen LogP contribution in [0.4, 0.5) is 5.82 Å². The molecule has 3 aromatic rings. The van der Waals surface area contributed by atoms with Gasteiger partial charge in [0.25, 0.3) is 5.91 Å². The summed E-state index contributed by atoms with van der Waals surface area (Å²) in [5.74, 6) is -0.853. The van der Waals surface area contributed by atoms with Gasteiger partial charge in [0, 0.05) is 24.8 Å². The lowest BCUT2D eigenvalue weighted by Gasteiger charge is -2.22. The summed E-state index contributed by atoms with van der Waals surface area (Å²) >= 11 is 12.2. The van der Waals surface area contributed by atoms with Crippen molar-refractivity contribution in [1.82, 2.24) is 10.3 Å². The Hall–Kier alpha value is -3.09. The molecular formula is C23H21Cl2N3O3. The van der Waals surface area contributed by atoms with Crippen LogP contribution in [0.25, 0.3) is 0 Å². The monoisotopic (exact) mass is 457 g/mol. The zero-order valence-electron chi connectivity index (χ0n) is 17.0. The molecule has 1 unspecified atom stereocenters. The average Bonchev–Trinajstić information content (AvgIpc) is 2.73. The number of carbonyl (C=O) groups excluding carboxylic acids is 1. The normalized spacial score (nSPS) is 11.6. The van der Waals surface area contributed by atoms with E-state index < -0.39 is 5.97 Å². The van der Waals surface area contributed by atoms with E-state index >= 15 is 0 Å². The van der Waals surface area contributed by atoms with Gasteiger partial charge in [0.2, 0.25) is 0 Å². The van der Waals surface area contributed by atoms with Crippen LogP contribution < -0.4 is 10.2 Å². The number of hydrogen-bond acceptors (Lipinski definition) is 4. The minimum Gasteiger partial charge on any atom is -0.478 e. The molecule has 160 valence electrons. The van der Waals surface area contributed by atoms with Gasteiger partial charge in [0.15, 0.2) is 0 Å². The quantitative estimate of drug-likeness (QED) is 0.508. The number of hydrogen-bond donors (Lipinski definition) is 2. The van der Waals surface area contributed by atoms with E-state index in [1.807, 2.05) is 37.1 Å². The van der Waals surface area contributed by atoms with E-state index in [2.05, 4.69) is 10.3 Å². The lowest BCUT2D eigenvalue weighted by Crippen LogP contribution is -2.29. The molecule has 8 heteroatoms. The molecule has 0 saturated heterocycles. The smallest absolute Gasteiger partial charge is 0.335 e. The molecule has 0 bridgehead atoms. The highest BCUT2D eigenvalue weighted by Crippen LogP contribution is 2.24. The molecule has 6 nitrogen and oxygen atoms in total. The summed E-state index contributed by atoms with van der Waals surface area (Å²) < 4.78 is 0. The second kappa shape index (κ2) is 9.81. The summed E-state index contributed by atoms with van der Waals surface area (Å²) in [6, 6.07) is 15.1. The van der Waals surface area contributed by atoms with Gasteiger partial charge in [0.1, 0.15) is 5.82 Å². The summed E-state index contributed by atoms with van der Waals surface area (Å²) in [5, 5.41) is 12.9. The molecule has 1 heterocycles. The zero-order chi connectivity index (χ0) is 22.5. The van der Waals surface area contributed by atoms with Crippen molar-refractivity contribution in [3.63, 3.8) is 0 Å². The lowest BCUT2D eigenvalue weighted by atomic mass is 10.1. The Labute approximate surface area is 190 Å². The van der Waals surface area contributed by atoms with E-state index in [1.165, 1.54) is 18.3 Å². The maximum absolute atomic E-state index is 13.0. The van der Waals surface area contributed by atoms with Gasteiger partial charge in [-0.25, -0.2) is 9.78 Å². The SMILES string of the molecule is CC(NC(=O)c1cc(Cl)cnc1N(C)Cc1cccc(Cl)c1)c1ccc(C(=O)O)cc1. The van der Waals surface area contributed by atoms with Crippen LogP contribution in [0.2, 0.25) is 10.0 Å². The highest BCUT2D eigenvalue weighted by Gasteiger charge is 2.19. The third kappa shape index (κ3) is 5.75. The first-order chi connectivity index (χ1) is 14.7. The fourth-order valence-electron chi connectivity index (χ4n) is 3.16. The minimum absolute atomic E-state index is 0.186. The standard InChI is InChI=1S/C23H21Cl2N3O3/c1-14(16-6-8-17(9-7-16)23(30)31)27-22(29)20-11-19(25)12-26-21(20)28(2)13-15-4-3-5-18(24)10-15/h3-12,14H,13H2,1-2H3,(H,27,29)(H,30,31). The molecule has 0 saturated carbocycles. The Morgan fingerprint density at radius 2 is 1.81 bits per heavy atom. The maximum Gasteiger partial charge on any atom is 0.335 e. The Balaban J connectivity index is 1.80. The summed E-state index contributed by atoms with van der Waals surface area (Å²) in [6.07, 6.45) is 1.50. The molecule has 0 aliphatic carbocycles. The molecule has 0 aliphatic rings. The lowest BCUT2D eigenvalue weighted by molar-refractivity contribution is 0.0696. The number of pyridine rings is 1. The van der Waals surface area contributed by atoms with E-state index in [1.54, 1.807) is 24.3 Å². The summed E-state index contributed by atoms with van der Waals surface area (Å²) in [5.41, 5.74) is 2.28. The van der Waals surface area contributed by atoms with E-state index in [0.29, 0.717) is 28.0 Å². The maximum atomic E-state index is 13.0. The molecule has 2 N–H and O–H groups in total. The number of aromatic nitrogens is 1. The van der Waals surface area contributed by atoms with Crippen LogP contribution in [0.1, 0.15) is 44.8 Å².